The van der Waals surface area contributed by atoms with Gasteiger partial charge in [-0.3, -0.25) is 19.8 Å². The van der Waals surface area contributed by atoms with Crippen LogP contribution in [0.3, 0.4) is 0 Å². The molecule has 0 bridgehead atoms. The molecule has 1 saturated heterocycles. The van der Waals surface area contributed by atoms with Gasteiger partial charge in [-0.2, -0.15) is 0 Å². The molecule has 0 saturated carbocycles. The van der Waals surface area contributed by atoms with E-state index in [1.165, 1.54) is 7.05 Å². The molecule has 0 aromatic rings. The summed E-state index contributed by atoms with van der Waals surface area (Å²) in [6.45, 7) is 3.54. The molecule has 0 aromatic heterocycles. The van der Waals surface area contributed by atoms with Crippen LogP contribution in [0.25, 0.3) is 0 Å². The number of urea groups is 1. The lowest BCUT2D eigenvalue weighted by Crippen LogP contribution is -2.57. The van der Waals surface area contributed by atoms with E-state index >= 15 is 0 Å². The zero-order chi connectivity index (χ0) is 10.2. The standard InChI is InChI=1S/C8H12N2O3/c1-4(2)5-6(11)9-8(13)10(3)7(5)12/h4-5H,1-3H3,(H,9,11,13). The fraction of sp³-hybridized carbons (Fsp3) is 0.625. The molecule has 1 aliphatic rings. The van der Waals surface area contributed by atoms with E-state index in [-0.39, 0.29) is 5.92 Å². The van der Waals surface area contributed by atoms with Crippen LogP contribution in [0.4, 0.5) is 4.79 Å². The van der Waals surface area contributed by atoms with E-state index in [0.29, 0.717) is 0 Å². The SMILES string of the molecule is CC(C)C1C(=O)NC(=O)N(C)C1=O. The molecule has 72 valence electrons. The first-order valence-corrected chi connectivity index (χ1v) is 4.07. The molecular formula is C8H12N2O3. The molecule has 0 aliphatic carbocycles. The first-order chi connectivity index (χ1) is 5.95. The fourth-order valence-corrected chi connectivity index (χ4v) is 1.28. The summed E-state index contributed by atoms with van der Waals surface area (Å²) in [7, 11) is 1.36. The Hall–Kier alpha value is -1.39. The molecule has 1 N–H and O–H groups in total. The highest BCUT2D eigenvalue weighted by Gasteiger charge is 2.39. The van der Waals surface area contributed by atoms with Gasteiger partial charge in [-0.15, -0.1) is 0 Å². The van der Waals surface area contributed by atoms with Crippen LogP contribution in [0.5, 0.6) is 0 Å². The Bertz CT molecular complexity index is 273. The van der Waals surface area contributed by atoms with Crippen molar-refractivity contribution in [1.29, 1.82) is 0 Å². The summed E-state index contributed by atoms with van der Waals surface area (Å²) < 4.78 is 0. The zero-order valence-corrected chi connectivity index (χ0v) is 7.83. The van der Waals surface area contributed by atoms with Gasteiger partial charge in [0.05, 0.1) is 0 Å². The lowest BCUT2D eigenvalue weighted by atomic mass is 9.92. The summed E-state index contributed by atoms with van der Waals surface area (Å²) in [6, 6.07) is -0.646. The van der Waals surface area contributed by atoms with Gasteiger partial charge in [-0.05, 0) is 5.92 Å². The minimum absolute atomic E-state index is 0.0944. The number of hydrogen-bond acceptors (Lipinski definition) is 3. The number of carbonyl (C=O) groups is 3. The molecule has 1 atom stereocenters. The third-order valence-electron chi connectivity index (χ3n) is 2.08. The average Bonchev–Trinajstić information content (AvgIpc) is 1.99. The van der Waals surface area contributed by atoms with Gasteiger partial charge in [-0.1, -0.05) is 13.8 Å². The third-order valence-corrected chi connectivity index (χ3v) is 2.08. The zero-order valence-electron chi connectivity index (χ0n) is 7.83. The second-order valence-corrected chi connectivity index (χ2v) is 3.41. The van der Waals surface area contributed by atoms with Crippen molar-refractivity contribution < 1.29 is 14.4 Å². The highest BCUT2D eigenvalue weighted by molar-refractivity contribution is 6.16. The maximum absolute atomic E-state index is 11.4. The van der Waals surface area contributed by atoms with Gasteiger partial charge in [0.1, 0.15) is 5.92 Å². The molecule has 5 heteroatoms. The van der Waals surface area contributed by atoms with Crippen LogP contribution in [0.2, 0.25) is 0 Å². The molecule has 5 nitrogen and oxygen atoms in total. The smallest absolute Gasteiger partial charge is 0.277 e. The van der Waals surface area contributed by atoms with Crippen LogP contribution in [0, 0.1) is 11.8 Å². The van der Waals surface area contributed by atoms with Crippen molar-refractivity contribution in [1.82, 2.24) is 10.2 Å². The van der Waals surface area contributed by atoms with Crippen LogP contribution < -0.4 is 5.32 Å². The van der Waals surface area contributed by atoms with Crippen molar-refractivity contribution in [2.45, 2.75) is 13.8 Å². The Balaban J connectivity index is 2.92. The summed E-state index contributed by atoms with van der Waals surface area (Å²) in [5.41, 5.74) is 0. The molecular weight excluding hydrogens is 172 g/mol. The number of hydrogen-bond donors (Lipinski definition) is 1. The molecule has 0 radical (unpaired) electrons. The Morgan fingerprint density at radius 2 is 1.85 bits per heavy atom. The van der Waals surface area contributed by atoms with Crippen LogP contribution in [0.1, 0.15) is 13.8 Å². The largest absolute Gasteiger partial charge is 0.330 e. The van der Waals surface area contributed by atoms with Gasteiger partial charge >= 0.3 is 6.03 Å². The Kier molecular flexibility index (Phi) is 2.36. The maximum atomic E-state index is 11.4. The van der Waals surface area contributed by atoms with Crippen molar-refractivity contribution in [2.75, 3.05) is 7.05 Å². The summed E-state index contributed by atoms with van der Waals surface area (Å²) in [4.78, 5) is 34.5. The molecule has 0 spiro atoms. The molecule has 4 amide bonds. The van der Waals surface area contributed by atoms with E-state index < -0.39 is 23.8 Å². The summed E-state index contributed by atoms with van der Waals surface area (Å²) >= 11 is 0. The van der Waals surface area contributed by atoms with E-state index in [9.17, 15) is 14.4 Å². The number of nitrogens with zero attached hydrogens (tertiary/aromatic N) is 1. The normalized spacial score (nSPS) is 23.8. The summed E-state index contributed by atoms with van der Waals surface area (Å²) in [5.74, 6) is -1.75. The number of rotatable bonds is 1. The molecule has 1 rings (SSSR count). The minimum atomic E-state index is -0.734. The molecule has 1 fully saturated rings. The minimum Gasteiger partial charge on any atom is -0.277 e. The van der Waals surface area contributed by atoms with Gasteiger partial charge in [0.15, 0.2) is 0 Å². The topological polar surface area (TPSA) is 66.5 Å². The lowest BCUT2D eigenvalue weighted by molar-refractivity contribution is -0.143. The molecule has 0 aromatic carbocycles. The molecule has 1 unspecified atom stereocenters. The molecule has 13 heavy (non-hydrogen) atoms. The van der Waals surface area contributed by atoms with Gasteiger partial charge in [0.2, 0.25) is 11.8 Å². The van der Waals surface area contributed by atoms with Crippen molar-refractivity contribution in [3.05, 3.63) is 0 Å². The van der Waals surface area contributed by atoms with Crippen LogP contribution >= 0.6 is 0 Å². The summed E-state index contributed by atoms with van der Waals surface area (Å²) in [5, 5.41) is 2.12. The van der Waals surface area contributed by atoms with E-state index in [1.54, 1.807) is 13.8 Å². The van der Waals surface area contributed by atoms with Crippen LogP contribution in [-0.4, -0.2) is 29.8 Å². The predicted molar refractivity (Wildman–Crippen MR) is 44.6 cm³/mol. The van der Waals surface area contributed by atoms with Crippen molar-refractivity contribution in [3.63, 3.8) is 0 Å². The van der Waals surface area contributed by atoms with Crippen molar-refractivity contribution in [2.24, 2.45) is 11.8 Å². The quantitative estimate of drug-likeness (QED) is 0.582. The van der Waals surface area contributed by atoms with Crippen LogP contribution in [0.15, 0.2) is 0 Å². The fourth-order valence-electron chi connectivity index (χ4n) is 1.28. The third kappa shape index (κ3) is 1.54. The number of amides is 4. The highest BCUT2D eigenvalue weighted by atomic mass is 16.2. The van der Waals surface area contributed by atoms with Crippen molar-refractivity contribution >= 4 is 17.8 Å². The van der Waals surface area contributed by atoms with E-state index in [0.717, 1.165) is 4.90 Å². The van der Waals surface area contributed by atoms with Gasteiger partial charge in [-0.25, -0.2) is 4.79 Å². The van der Waals surface area contributed by atoms with Gasteiger partial charge in [0.25, 0.3) is 0 Å². The number of nitrogens with one attached hydrogen (secondary N) is 1. The van der Waals surface area contributed by atoms with E-state index in [2.05, 4.69) is 5.32 Å². The lowest BCUT2D eigenvalue weighted by Gasteiger charge is -2.29. The maximum Gasteiger partial charge on any atom is 0.330 e. The summed E-state index contributed by atoms with van der Waals surface area (Å²) in [6.07, 6.45) is 0. The highest BCUT2D eigenvalue weighted by Crippen LogP contribution is 2.17. The average molecular weight is 184 g/mol. The first kappa shape index (κ1) is 9.70. The second-order valence-electron chi connectivity index (χ2n) is 3.41. The number of carbonyl (C=O) groups excluding carboxylic acids is 3. The predicted octanol–water partition coefficient (Wildman–Crippen LogP) is -0.0332. The first-order valence-electron chi connectivity index (χ1n) is 4.07. The van der Waals surface area contributed by atoms with Gasteiger partial charge in [0, 0.05) is 7.05 Å². The van der Waals surface area contributed by atoms with Crippen LogP contribution in [-0.2, 0) is 9.59 Å². The number of barbiturate groups is 1. The monoisotopic (exact) mass is 184 g/mol. The van der Waals surface area contributed by atoms with E-state index in [1.807, 2.05) is 0 Å². The number of imide groups is 2. The Morgan fingerprint density at radius 1 is 1.31 bits per heavy atom. The Morgan fingerprint density at radius 3 is 2.31 bits per heavy atom. The Labute approximate surface area is 76.1 Å². The van der Waals surface area contributed by atoms with Crippen molar-refractivity contribution in [3.8, 4) is 0 Å². The van der Waals surface area contributed by atoms with Gasteiger partial charge < -0.3 is 0 Å². The second kappa shape index (κ2) is 3.16. The molecule has 1 aliphatic heterocycles. The van der Waals surface area contributed by atoms with E-state index in [4.69, 9.17) is 0 Å². The molecule has 1 heterocycles.